The summed E-state index contributed by atoms with van der Waals surface area (Å²) in [5, 5.41) is 10.8. The van der Waals surface area contributed by atoms with Crippen molar-refractivity contribution in [3.05, 3.63) is 45.5 Å². The number of fused-ring (bicyclic) bond motifs is 2. The lowest BCUT2D eigenvalue weighted by atomic mass is 10.2. The first-order valence-electron chi connectivity index (χ1n) is 9.89. The number of piperazine rings is 1. The number of benzene rings is 1. The molecule has 3 aromatic rings. The van der Waals surface area contributed by atoms with Gasteiger partial charge in [-0.2, -0.15) is 0 Å². The smallest absolute Gasteiger partial charge is 0.261 e. The fourth-order valence-electron chi connectivity index (χ4n) is 3.91. The maximum atomic E-state index is 12.5. The zero-order valence-corrected chi connectivity index (χ0v) is 16.9. The van der Waals surface area contributed by atoms with E-state index in [1.54, 1.807) is 11.3 Å². The number of ether oxygens (including phenoxy) is 1. The van der Waals surface area contributed by atoms with Crippen molar-refractivity contribution >= 4 is 33.1 Å². The molecular weight excluding hydrogens is 390 g/mol. The molecule has 152 valence electrons. The molecule has 0 radical (unpaired) electrons. The summed E-state index contributed by atoms with van der Waals surface area (Å²) in [6.45, 7) is 5.26. The Balaban J connectivity index is 1.31. The van der Waals surface area contributed by atoms with Crippen LogP contribution in [0.1, 0.15) is 10.6 Å². The Morgan fingerprint density at radius 1 is 1.17 bits per heavy atom. The van der Waals surface area contributed by atoms with E-state index in [2.05, 4.69) is 14.8 Å². The highest BCUT2D eigenvalue weighted by atomic mass is 32.1. The molecule has 2 aliphatic heterocycles. The van der Waals surface area contributed by atoms with Gasteiger partial charge in [0.05, 0.1) is 54.2 Å². The molecule has 1 aromatic carbocycles. The van der Waals surface area contributed by atoms with Crippen molar-refractivity contribution in [2.75, 3.05) is 49.2 Å². The van der Waals surface area contributed by atoms with E-state index in [9.17, 15) is 4.79 Å². The molecule has 0 aliphatic carbocycles. The van der Waals surface area contributed by atoms with Gasteiger partial charge in [-0.15, -0.1) is 0 Å². The third kappa shape index (κ3) is 3.50. The SMILES string of the molecule is O=c1c2ccc(N3CCN(c4nc5c(s4)COCC5)CC3)cc2ncn1CCO. The van der Waals surface area contributed by atoms with Crippen LogP contribution in [0.4, 0.5) is 10.8 Å². The van der Waals surface area contributed by atoms with Crippen LogP contribution in [-0.4, -0.2) is 59.0 Å². The summed E-state index contributed by atoms with van der Waals surface area (Å²) < 4.78 is 6.98. The third-order valence-corrected chi connectivity index (χ3v) is 6.68. The second-order valence-electron chi connectivity index (χ2n) is 7.31. The minimum atomic E-state index is -0.114. The Bertz CT molecular complexity index is 1060. The van der Waals surface area contributed by atoms with Gasteiger partial charge >= 0.3 is 0 Å². The summed E-state index contributed by atoms with van der Waals surface area (Å²) in [6.07, 6.45) is 2.42. The van der Waals surface area contributed by atoms with Gasteiger partial charge < -0.3 is 19.6 Å². The van der Waals surface area contributed by atoms with Crippen molar-refractivity contribution in [1.29, 1.82) is 0 Å². The van der Waals surface area contributed by atoms with Gasteiger partial charge in [-0.1, -0.05) is 11.3 Å². The molecule has 1 N–H and O–H groups in total. The number of rotatable bonds is 4. The van der Waals surface area contributed by atoms with Gasteiger partial charge in [0, 0.05) is 38.3 Å². The molecule has 2 aromatic heterocycles. The summed E-state index contributed by atoms with van der Waals surface area (Å²) in [5.74, 6) is 0. The Hall–Kier alpha value is -2.49. The predicted octanol–water partition coefficient (Wildman–Crippen LogP) is 1.24. The maximum Gasteiger partial charge on any atom is 0.261 e. The Morgan fingerprint density at radius 2 is 2.00 bits per heavy atom. The van der Waals surface area contributed by atoms with E-state index in [1.165, 1.54) is 21.5 Å². The van der Waals surface area contributed by atoms with Gasteiger partial charge in [0.15, 0.2) is 5.13 Å². The maximum absolute atomic E-state index is 12.5. The molecule has 0 amide bonds. The molecule has 2 aliphatic rings. The predicted molar refractivity (Wildman–Crippen MR) is 113 cm³/mol. The quantitative estimate of drug-likeness (QED) is 0.689. The number of thiazole rings is 1. The Labute approximate surface area is 172 Å². The van der Waals surface area contributed by atoms with E-state index in [0.717, 1.165) is 50.0 Å². The van der Waals surface area contributed by atoms with Gasteiger partial charge in [-0.25, -0.2) is 9.97 Å². The van der Waals surface area contributed by atoms with Crippen LogP contribution in [0.2, 0.25) is 0 Å². The van der Waals surface area contributed by atoms with Crippen molar-refractivity contribution in [3.8, 4) is 0 Å². The lowest BCUT2D eigenvalue weighted by Gasteiger charge is -2.36. The summed E-state index contributed by atoms with van der Waals surface area (Å²) in [5.41, 5.74) is 2.86. The summed E-state index contributed by atoms with van der Waals surface area (Å²) in [6, 6.07) is 5.81. The summed E-state index contributed by atoms with van der Waals surface area (Å²) in [4.78, 5) is 27.6. The molecule has 0 saturated carbocycles. The van der Waals surface area contributed by atoms with E-state index in [4.69, 9.17) is 14.8 Å². The van der Waals surface area contributed by atoms with E-state index in [-0.39, 0.29) is 18.7 Å². The van der Waals surface area contributed by atoms with Crippen LogP contribution in [0.3, 0.4) is 0 Å². The van der Waals surface area contributed by atoms with Crippen molar-refractivity contribution in [2.45, 2.75) is 19.6 Å². The average Bonchev–Trinajstić information content (AvgIpc) is 3.20. The zero-order valence-electron chi connectivity index (χ0n) is 16.1. The summed E-state index contributed by atoms with van der Waals surface area (Å²) in [7, 11) is 0. The van der Waals surface area contributed by atoms with Crippen molar-refractivity contribution in [1.82, 2.24) is 14.5 Å². The van der Waals surface area contributed by atoms with Crippen LogP contribution in [0.5, 0.6) is 0 Å². The molecule has 4 heterocycles. The van der Waals surface area contributed by atoms with E-state index in [0.29, 0.717) is 17.5 Å². The average molecular weight is 414 g/mol. The molecule has 0 atom stereocenters. The second kappa shape index (κ2) is 7.74. The molecule has 1 saturated heterocycles. The first-order chi connectivity index (χ1) is 14.2. The number of aliphatic hydroxyl groups is 1. The highest BCUT2D eigenvalue weighted by molar-refractivity contribution is 7.15. The number of anilines is 2. The molecule has 1 fully saturated rings. The fraction of sp³-hybridized carbons (Fsp3) is 0.450. The number of hydrogen-bond donors (Lipinski definition) is 1. The van der Waals surface area contributed by atoms with E-state index in [1.807, 2.05) is 18.2 Å². The van der Waals surface area contributed by atoms with E-state index >= 15 is 0 Å². The van der Waals surface area contributed by atoms with Crippen LogP contribution in [0.15, 0.2) is 29.3 Å². The van der Waals surface area contributed by atoms with Crippen LogP contribution >= 0.6 is 11.3 Å². The van der Waals surface area contributed by atoms with Gasteiger partial charge in [0.2, 0.25) is 0 Å². The topological polar surface area (TPSA) is 83.7 Å². The van der Waals surface area contributed by atoms with Crippen LogP contribution in [0.25, 0.3) is 10.9 Å². The molecule has 29 heavy (non-hydrogen) atoms. The number of aromatic nitrogens is 3. The summed E-state index contributed by atoms with van der Waals surface area (Å²) >= 11 is 1.75. The monoisotopic (exact) mass is 413 g/mol. The lowest BCUT2D eigenvalue weighted by Crippen LogP contribution is -2.46. The zero-order chi connectivity index (χ0) is 19.8. The molecule has 0 spiro atoms. The lowest BCUT2D eigenvalue weighted by molar-refractivity contribution is 0.112. The standard InChI is InChI=1S/C20H23N5O3S/c26-9-8-25-13-21-17-11-14(1-2-15(17)19(25)27)23-4-6-24(7-5-23)20-22-16-3-10-28-12-18(16)29-20/h1-2,11,13,26H,3-10,12H2. The Kier molecular flexibility index (Phi) is 4.94. The van der Waals surface area contributed by atoms with Crippen molar-refractivity contribution in [3.63, 3.8) is 0 Å². The molecule has 9 heteroatoms. The first kappa shape index (κ1) is 18.5. The molecule has 0 bridgehead atoms. The van der Waals surface area contributed by atoms with Gasteiger partial charge in [0.25, 0.3) is 5.56 Å². The van der Waals surface area contributed by atoms with Crippen molar-refractivity contribution in [2.24, 2.45) is 0 Å². The highest BCUT2D eigenvalue weighted by Gasteiger charge is 2.23. The number of nitrogens with zero attached hydrogens (tertiary/aromatic N) is 5. The largest absolute Gasteiger partial charge is 0.395 e. The molecule has 8 nitrogen and oxygen atoms in total. The minimum absolute atomic E-state index is 0.0788. The van der Waals surface area contributed by atoms with Crippen LogP contribution in [-0.2, 0) is 24.3 Å². The fourth-order valence-corrected chi connectivity index (χ4v) is 5.01. The second-order valence-corrected chi connectivity index (χ2v) is 8.37. The van der Waals surface area contributed by atoms with Crippen LogP contribution < -0.4 is 15.4 Å². The molecule has 5 rings (SSSR count). The normalized spacial score (nSPS) is 17.0. The van der Waals surface area contributed by atoms with Gasteiger partial charge in [-0.3, -0.25) is 9.36 Å². The molecule has 0 unspecified atom stereocenters. The minimum Gasteiger partial charge on any atom is -0.395 e. The van der Waals surface area contributed by atoms with E-state index < -0.39 is 0 Å². The third-order valence-electron chi connectivity index (χ3n) is 5.55. The highest BCUT2D eigenvalue weighted by Crippen LogP contribution is 2.31. The number of aliphatic hydroxyl groups excluding tert-OH is 1. The number of hydrogen-bond acceptors (Lipinski definition) is 8. The Morgan fingerprint density at radius 3 is 2.79 bits per heavy atom. The van der Waals surface area contributed by atoms with Crippen LogP contribution in [0, 0.1) is 0 Å². The molecular formula is C20H23N5O3S. The van der Waals surface area contributed by atoms with Gasteiger partial charge in [-0.05, 0) is 18.2 Å². The van der Waals surface area contributed by atoms with Gasteiger partial charge in [0.1, 0.15) is 0 Å². The first-order valence-corrected chi connectivity index (χ1v) is 10.7. The van der Waals surface area contributed by atoms with Crippen molar-refractivity contribution < 1.29 is 9.84 Å².